The van der Waals surface area contributed by atoms with Gasteiger partial charge in [-0.15, -0.1) is 0 Å². The third kappa shape index (κ3) is 5.67. The number of furan rings is 1. The van der Waals surface area contributed by atoms with Crippen molar-refractivity contribution in [1.29, 1.82) is 0 Å². The Morgan fingerprint density at radius 2 is 1.83 bits per heavy atom. The number of nitrogens with two attached hydrogens (primary N) is 1. The van der Waals surface area contributed by atoms with Crippen LogP contribution in [0.15, 0.2) is 59.1 Å². The predicted octanol–water partition coefficient (Wildman–Crippen LogP) is 3.66. The van der Waals surface area contributed by atoms with Gasteiger partial charge in [-0.2, -0.15) is 0 Å². The van der Waals surface area contributed by atoms with E-state index in [4.69, 9.17) is 10.2 Å². The molecule has 3 heterocycles. The number of hydrogen-bond acceptors (Lipinski definition) is 4. The molecule has 0 unspecified atom stereocenters. The molecule has 0 spiro atoms. The number of benzene rings is 1. The Hall–Kier alpha value is -3.88. The zero-order chi connectivity index (χ0) is 25.7. The molecular formula is C27H31FN4O4. The second-order valence-corrected chi connectivity index (χ2v) is 9.07. The Morgan fingerprint density at radius 3 is 2.53 bits per heavy atom. The van der Waals surface area contributed by atoms with E-state index in [9.17, 15) is 18.8 Å². The van der Waals surface area contributed by atoms with Gasteiger partial charge in [0.2, 0.25) is 5.91 Å². The van der Waals surface area contributed by atoms with E-state index in [1.165, 1.54) is 12.1 Å². The van der Waals surface area contributed by atoms with Crippen molar-refractivity contribution < 1.29 is 23.2 Å². The van der Waals surface area contributed by atoms with Gasteiger partial charge in [-0.25, -0.2) is 4.39 Å². The quantitative estimate of drug-likeness (QED) is 0.491. The summed E-state index contributed by atoms with van der Waals surface area (Å²) >= 11 is 0. The molecule has 190 valence electrons. The zero-order valence-corrected chi connectivity index (χ0v) is 20.4. The van der Waals surface area contributed by atoms with Crippen LogP contribution in [-0.4, -0.2) is 51.7 Å². The van der Waals surface area contributed by atoms with Crippen LogP contribution in [0.1, 0.15) is 58.6 Å². The highest BCUT2D eigenvalue weighted by atomic mass is 19.1. The van der Waals surface area contributed by atoms with Crippen LogP contribution in [-0.2, 0) is 17.9 Å². The van der Waals surface area contributed by atoms with Gasteiger partial charge >= 0.3 is 0 Å². The predicted molar refractivity (Wildman–Crippen MR) is 131 cm³/mol. The summed E-state index contributed by atoms with van der Waals surface area (Å²) in [6.07, 6.45) is 3.73. The average molecular weight is 495 g/mol. The summed E-state index contributed by atoms with van der Waals surface area (Å²) in [6, 6.07) is 13.2. The first-order valence-corrected chi connectivity index (χ1v) is 12.2. The number of carbonyl (C=O) groups is 3. The third-order valence-electron chi connectivity index (χ3n) is 6.54. The van der Waals surface area contributed by atoms with Crippen LogP contribution in [0.3, 0.4) is 0 Å². The number of carbonyl (C=O) groups excluding carboxylic acids is 3. The molecular weight excluding hydrogens is 463 g/mol. The molecule has 4 rings (SSSR count). The highest BCUT2D eigenvalue weighted by molar-refractivity contribution is 5.94. The standard InChI is InChI=1S/C27H31FN4O4/c1-2-13-32(26(34)22-7-3-4-8-23(22)28)17-20-6-5-14-31(20)18-21-9-10-24(36-21)27(35)30-15-11-19(12-16-30)25(29)33/h3-10,14,19H,2,11-13,15-18H2,1H3,(H2,29,33). The van der Waals surface area contributed by atoms with E-state index in [2.05, 4.69) is 0 Å². The van der Waals surface area contributed by atoms with Crippen molar-refractivity contribution in [3.8, 4) is 0 Å². The molecule has 1 fully saturated rings. The zero-order valence-electron chi connectivity index (χ0n) is 20.4. The van der Waals surface area contributed by atoms with Crippen LogP contribution in [0.25, 0.3) is 0 Å². The molecule has 1 saturated heterocycles. The summed E-state index contributed by atoms with van der Waals surface area (Å²) in [5, 5.41) is 0. The molecule has 0 aliphatic carbocycles. The smallest absolute Gasteiger partial charge is 0.289 e. The second kappa shape index (κ2) is 11.2. The maximum Gasteiger partial charge on any atom is 0.289 e. The lowest BCUT2D eigenvalue weighted by Gasteiger charge is -2.29. The SMILES string of the molecule is CCCN(Cc1cccn1Cc1ccc(C(=O)N2CCC(C(N)=O)CC2)o1)C(=O)c1ccccc1F. The first kappa shape index (κ1) is 25.2. The molecule has 2 N–H and O–H groups in total. The molecule has 2 aromatic heterocycles. The summed E-state index contributed by atoms with van der Waals surface area (Å²) in [5.74, 6) is -0.756. The van der Waals surface area contributed by atoms with Gasteiger partial charge in [0, 0.05) is 37.4 Å². The highest BCUT2D eigenvalue weighted by Gasteiger charge is 2.28. The molecule has 3 aromatic rings. The fourth-order valence-corrected chi connectivity index (χ4v) is 4.54. The lowest BCUT2D eigenvalue weighted by atomic mass is 9.96. The van der Waals surface area contributed by atoms with Crippen molar-refractivity contribution in [2.24, 2.45) is 11.7 Å². The van der Waals surface area contributed by atoms with Crippen LogP contribution >= 0.6 is 0 Å². The summed E-state index contributed by atoms with van der Waals surface area (Å²) in [6.45, 7) is 4.09. The van der Waals surface area contributed by atoms with E-state index in [1.807, 2.05) is 29.8 Å². The lowest BCUT2D eigenvalue weighted by Crippen LogP contribution is -2.41. The van der Waals surface area contributed by atoms with E-state index >= 15 is 0 Å². The minimum atomic E-state index is -0.536. The number of amides is 3. The number of nitrogens with zero attached hydrogens (tertiary/aromatic N) is 3. The summed E-state index contributed by atoms with van der Waals surface area (Å²) < 4.78 is 22.0. The lowest BCUT2D eigenvalue weighted by molar-refractivity contribution is -0.123. The van der Waals surface area contributed by atoms with E-state index in [1.54, 1.807) is 34.1 Å². The monoisotopic (exact) mass is 494 g/mol. The van der Waals surface area contributed by atoms with Crippen LogP contribution in [0, 0.1) is 11.7 Å². The number of hydrogen-bond donors (Lipinski definition) is 1. The van der Waals surface area contributed by atoms with Gasteiger partial charge in [0.1, 0.15) is 11.6 Å². The number of aromatic nitrogens is 1. The topological polar surface area (TPSA) is 102 Å². The van der Waals surface area contributed by atoms with Gasteiger partial charge in [-0.3, -0.25) is 14.4 Å². The second-order valence-electron chi connectivity index (χ2n) is 9.07. The van der Waals surface area contributed by atoms with Crippen LogP contribution in [0.4, 0.5) is 4.39 Å². The largest absolute Gasteiger partial charge is 0.454 e. The Balaban J connectivity index is 1.42. The van der Waals surface area contributed by atoms with Crippen LogP contribution in [0.2, 0.25) is 0 Å². The molecule has 3 amide bonds. The maximum atomic E-state index is 14.2. The Labute approximate surface area is 209 Å². The first-order valence-electron chi connectivity index (χ1n) is 12.2. The fraction of sp³-hybridized carbons (Fsp3) is 0.370. The number of rotatable bonds is 9. The van der Waals surface area contributed by atoms with Gasteiger partial charge in [-0.1, -0.05) is 19.1 Å². The van der Waals surface area contributed by atoms with Gasteiger partial charge in [0.05, 0.1) is 18.7 Å². The minimum absolute atomic E-state index is 0.0538. The third-order valence-corrected chi connectivity index (χ3v) is 6.54. The Kier molecular flexibility index (Phi) is 7.87. The van der Waals surface area contributed by atoms with E-state index < -0.39 is 5.82 Å². The summed E-state index contributed by atoms with van der Waals surface area (Å²) in [4.78, 5) is 40.6. The van der Waals surface area contributed by atoms with Crippen molar-refractivity contribution in [1.82, 2.24) is 14.4 Å². The molecule has 1 aromatic carbocycles. The normalized spacial score (nSPS) is 14.1. The minimum Gasteiger partial charge on any atom is -0.454 e. The van der Waals surface area contributed by atoms with Crippen LogP contribution in [0.5, 0.6) is 0 Å². The van der Waals surface area contributed by atoms with Gasteiger partial charge in [-0.05, 0) is 55.7 Å². The molecule has 0 saturated carbocycles. The Bertz CT molecular complexity index is 1230. The maximum absolute atomic E-state index is 14.2. The molecule has 0 radical (unpaired) electrons. The van der Waals surface area contributed by atoms with Crippen LogP contribution < -0.4 is 5.73 Å². The summed E-state index contributed by atoms with van der Waals surface area (Å²) in [5.41, 5.74) is 6.30. The molecule has 0 bridgehead atoms. The van der Waals surface area contributed by atoms with Gasteiger partial charge < -0.3 is 24.5 Å². The van der Waals surface area contributed by atoms with Crippen molar-refractivity contribution >= 4 is 17.7 Å². The first-order chi connectivity index (χ1) is 17.4. The number of halogens is 1. The van der Waals surface area contributed by atoms with E-state index in [-0.39, 0.29) is 35.0 Å². The molecule has 0 atom stereocenters. The molecule has 1 aliphatic rings. The van der Waals surface area contributed by atoms with E-state index in [0.29, 0.717) is 51.3 Å². The number of likely N-dealkylation sites (tertiary alicyclic amines) is 1. The molecule has 9 heteroatoms. The van der Waals surface area contributed by atoms with Gasteiger partial charge in [0.15, 0.2) is 5.76 Å². The highest BCUT2D eigenvalue weighted by Crippen LogP contribution is 2.21. The van der Waals surface area contributed by atoms with Gasteiger partial charge in [0.25, 0.3) is 11.8 Å². The fourth-order valence-electron chi connectivity index (χ4n) is 4.54. The Morgan fingerprint density at radius 1 is 1.08 bits per heavy atom. The molecule has 1 aliphatic heterocycles. The van der Waals surface area contributed by atoms with E-state index in [0.717, 1.165) is 12.1 Å². The summed E-state index contributed by atoms with van der Waals surface area (Å²) in [7, 11) is 0. The van der Waals surface area contributed by atoms with Crippen molar-refractivity contribution in [3.63, 3.8) is 0 Å². The van der Waals surface area contributed by atoms with Crippen molar-refractivity contribution in [2.45, 2.75) is 39.3 Å². The van der Waals surface area contributed by atoms with Crippen molar-refractivity contribution in [2.75, 3.05) is 19.6 Å². The average Bonchev–Trinajstić information content (AvgIpc) is 3.53. The number of piperidine rings is 1. The van der Waals surface area contributed by atoms with Crippen molar-refractivity contribution in [3.05, 3.63) is 83.3 Å². The molecule has 8 nitrogen and oxygen atoms in total. The number of primary amides is 1. The molecule has 36 heavy (non-hydrogen) atoms.